The van der Waals surface area contributed by atoms with Crippen molar-refractivity contribution >= 4 is 0 Å². The summed E-state index contributed by atoms with van der Waals surface area (Å²) >= 11 is 0. The van der Waals surface area contributed by atoms with E-state index in [1.807, 2.05) is 54.6 Å². The van der Waals surface area contributed by atoms with Crippen LogP contribution in [0.1, 0.15) is 24.8 Å². The van der Waals surface area contributed by atoms with Gasteiger partial charge < -0.3 is 10.5 Å². The Labute approximate surface area is 120 Å². The van der Waals surface area contributed by atoms with E-state index < -0.39 is 0 Å². The Morgan fingerprint density at radius 2 is 1.55 bits per heavy atom. The molecule has 0 saturated heterocycles. The van der Waals surface area contributed by atoms with Crippen LogP contribution in [0.15, 0.2) is 54.6 Å². The molecule has 0 saturated carbocycles. The topological polar surface area (TPSA) is 35.2 Å². The second kappa shape index (κ2) is 8.04. The first-order chi connectivity index (χ1) is 9.88. The SMILES string of the molecule is NCCCCC#Cc1ccc(Oc2ccccc2)cc1. The predicted molar refractivity (Wildman–Crippen MR) is 82.7 cm³/mol. The minimum atomic E-state index is 0.743. The number of para-hydroxylation sites is 1. The molecule has 2 nitrogen and oxygen atoms in total. The molecule has 0 aliphatic heterocycles. The van der Waals surface area contributed by atoms with E-state index in [4.69, 9.17) is 10.5 Å². The lowest BCUT2D eigenvalue weighted by Gasteiger charge is -2.04. The van der Waals surface area contributed by atoms with E-state index in [1.54, 1.807) is 0 Å². The maximum absolute atomic E-state index is 5.73. The van der Waals surface area contributed by atoms with Crippen LogP contribution in [0.25, 0.3) is 0 Å². The first-order valence-corrected chi connectivity index (χ1v) is 6.90. The fraction of sp³-hybridized carbons (Fsp3) is 0.222. The molecule has 102 valence electrons. The summed E-state index contributed by atoms with van der Waals surface area (Å²) in [5, 5.41) is 0. The Morgan fingerprint density at radius 1 is 0.850 bits per heavy atom. The molecular weight excluding hydrogens is 246 g/mol. The van der Waals surface area contributed by atoms with Crippen molar-refractivity contribution in [2.24, 2.45) is 5.73 Å². The zero-order valence-corrected chi connectivity index (χ0v) is 11.5. The Morgan fingerprint density at radius 3 is 2.25 bits per heavy atom. The number of ether oxygens (including phenoxy) is 1. The molecule has 0 aromatic heterocycles. The highest BCUT2D eigenvalue weighted by atomic mass is 16.5. The lowest BCUT2D eigenvalue weighted by molar-refractivity contribution is 0.482. The highest BCUT2D eigenvalue weighted by molar-refractivity contribution is 5.39. The van der Waals surface area contributed by atoms with Crippen LogP contribution in [-0.4, -0.2) is 6.54 Å². The molecule has 0 unspecified atom stereocenters. The van der Waals surface area contributed by atoms with Crippen LogP contribution < -0.4 is 10.5 Å². The summed E-state index contributed by atoms with van der Waals surface area (Å²) in [5.74, 6) is 7.97. The van der Waals surface area contributed by atoms with Gasteiger partial charge in [-0.05, 0) is 55.8 Å². The van der Waals surface area contributed by atoms with Crippen LogP contribution in [0, 0.1) is 11.8 Å². The Hall–Kier alpha value is -2.24. The summed E-state index contributed by atoms with van der Waals surface area (Å²) in [7, 11) is 0. The normalized spacial score (nSPS) is 9.65. The molecule has 2 heteroatoms. The van der Waals surface area contributed by atoms with Crippen LogP contribution in [-0.2, 0) is 0 Å². The predicted octanol–water partition coefficient (Wildman–Crippen LogP) is 3.96. The minimum absolute atomic E-state index is 0.743. The summed E-state index contributed by atoms with van der Waals surface area (Å²) in [6, 6.07) is 17.6. The maximum atomic E-state index is 5.73. The smallest absolute Gasteiger partial charge is 0.127 e. The lowest BCUT2D eigenvalue weighted by Crippen LogP contribution is -1.96. The van der Waals surface area contributed by atoms with Crippen molar-refractivity contribution in [1.82, 2.24) is 0 Å². The molecule has 0 amide bonds. The van der Waals surface area contributed by atoms with E-state index >= 15 is 0 Å². The first kappa shape index (κ1) is 14.2. The number of hydrogen-bond donors (Lipinski definition) is 1. The first-order valence-electron chi connectivity index (χ1n) is 6.90. The zero-order valence-electron chi connectivity index (χ0n) is 11.5. The molecule has 2 aromatic carbocycles. The third kappa shape index (κ3) is 4.79. The molecule has 20 heavy (non-hydrogen) atoms. The fourth-order valence-corrected chi connectivity index (χ4v) is 1.75. The van der Waals surface area contributed by atoms with Crippen LogP contribution in [0.2, 0.25) is 0 Å². The molecule has 0 aliphatic rings. The van der Waals surface area contributed by atoms with Crippen LogP contribution >= 0.6 is 0 Å². The van der Waals surface area contributed by atoms with Gasteiger partial charge in [-0.25, -0.2) is 0 Å². The van der Waals surface area contributed by atoms with Crippen molar-refractivity contribution in [3.05, 3.63) is 60.2 Å². The summed E-state index contributed by atoms with van der Waals surface area (Å²) in [6.07, 6.45) is 3.01. The average Bonchev–Trinajstić information content (AvgIpc) is 2.50. The molecule has 2 rings (SSSR count). The molecule has 0 radical (unpaired) electrons. The van der Waals surface area contributed by atoms with Gasteiger partial charge in [-0.15, -0.1) is 0 Å². The Balaban J connectivity index is 1.89. The lowest BCUT2D eigenvalue weighted by atomic mass is 10.2. The second-order valence-corrected chi connectivity index (χ2v) is 4.49. The van der Waals surface area contributed by atoms with Gasteiger partial charge in [0, 0.05) is 12.0 Å². The van der Waals surface area contributed by atoms with Crippen LogP contribution in [0.3, 0.4) is 0 Å². The molecule has 0 heterocycles. The van der Waals surface area contributed by atoms with Crippen molar-refractivity contribution in [2.75, 3.05) is 6.54 Å². The molecule has 0 spiro atoms. The van der Waals surface area contributed by atoms with E-state index in [-0.39, 0.29) is 0 Å². The van der Waals surface area contributed by atoms with Gasteiger partial charge in [-0.3, -0.25) is 0 Å². The molecule has 0 fully saturated rings. The summed E-state index contributed by atoms with van der Waals surface area (Å²) in [5.41, 5.74) is 6.45. The summed E-state index contributed by atoms with van der Waals surface area (Å²) in [6.45, 7) is 0.743. The maximum Gasteiger partial charge on any atom is 0.127 e. The summed E-state index contributed by atoms with van der Waals surface area (Å²) < 4.78 is 5.73. The minimum Gasteiger partial charge on any atom is -0.457 e. The molecule has 0 bridgehead atoms. The number of benzene rings is 2. The van der Waals surface area contributed by atoms with E-state index in [0.29, 0.717) is 0 Å². The molecular formula is C18H19NO. The monoisotopic (exact) mass is 265 g/mol. The quantitative estimate of drug-likeness (QED) is 0.656. The average molecular weight is 265 g/mol. The van der Waals surface area contributed by atoms with Crippen molar-refractivity contribution in [3.63, 3.8) is 0 Å². The second-order valence-electron chi connectivity index (χ2n) is 4.49. The Kier molecular flexibility index (Phi) is 5.70. The molecule has 0 aliphatic carbocycles. The molecule has 2 N–H and O–H groups in total. The molecule has 2 aromatic rings. The number of unbranched alkanes of at least 4 members (excludes halogenated alkanes) is 2. The largest absolute Gasteiger partial charge is 0.457 e. The van der Waals surface area contributed by atoms with Crippen molar-refractivity contribution in [3.8, 4) is 23.3 Å². The van der Waals surface area contributed by atoms with Crippen LogP contribution in [0.4, 0.5) is 0 Å². The van der Waals surface area contributed by atoms with Crippen molar-refractivity contribution < 1.29 is 4.74 Å². The van der Waals surface area contributed by atoms with E-state index in [1.165, 1.54) is 0 Å². The van der Waals surface area contributed by atoms with Gasteiger partial charge in [-0.2, -0.15) is 0 Å². The third-order valence-electron chi connectivity index (χ3n) is 2.82. The van der Waals surface area contributed by atoms with E-state index in [9.17, 15) is 0 Å². The number of rotatable bonds is 5. The highest BCUT2D eigenvalue weighted by Crippen LogP contribution is 2.20. The zero-order chi connectivity index (χ0) is 14.0. The standard InChI is InChI=1S/C18H19NO/c19-15-7-2-1-4-8-16-11-13-18(14-12-16)20-17-9-5-3-6-10-17/h3,5-6,9-14H,1-2,7,15,19H2. The van der Waals surface area contributed by atoms with Gasteiger partial charge >= 0.3 is 0 Å². The van der Waals surface area contributed by atoms with Gasteiger partial charge in [0.2, 0.25) is 0 Å². The number of hydrogen-bond acceptors (Lipinski definition) is 2. The van der Waals surface area contributed by atoms with Gasteiger partial charge in [0.25, 0.3) is 0 Å². The summed E-state index contributed by atoms with van der Waals surface area (Å²) in [4.78, 5) is 0. The van der Waals surface area contributed by atoms with Gasteiger partial charge in [0.1, 0.15) is 11.5 Å². The van der Waals surface area contributed by atoms with Crippen molar-refractivity contribution in [1.29, 1.82) is 0 Å². The number of nitrogens with two attached hydrogens (primary N) is 1. The van der Waals surface area contributed by atoms with Crippen molar-refractivity contribution in [2.45, 2.75) is 19.3 Å². The van der Waals surface area contributed by atoms with E-state index in [2.05, 4.69) is 11.8 Å². The van der Waals surface area contributed by atoms with Gasteiger partial charge in [-0.1, -0.05) is 30.0 Å². The van der Waals surface area contributed by atoms with Crippen LogP contribution in [0.5, 0.6) is 11.5 Å². The van der Waals surface area contributed by atoms with Gasteiger partial charge in [0.05, 0.1) is 0 Å². The Bertz CT molecular complexity index is 564. The highest BCUT2D eigenvalue weighted by Gasteiger charge is 1.95. The van der Waals surface area contributed by atoms with Gasteiger partial charge in [0.15, 0.2) is 0 Å². The molecule has 0 atom stereocenters. The fourth-order valence-electron chi connectivity index (χ4n) is 1.75. The van der Waals surface area contributed by atoms with E-state index in [0.717, 1.165) is 42.9 Å². The third-order valence-corrected chi connectivity index (χ3v) is 2.82.